The minimum Gasteiger partial charge on any atom is -0.455 e. The fourth-order valence-corrected chi connectivity index (χ4v) is 2.55. The summed E-state index contributed by atoms with van der Waals surface area (Å²) in [5.41, 5.74) is 0. The summed E-state index contributed by atoms with van der Waals surface area (Å²) in [6.07, 6.45) is 2.39. The van der Waals surface area contributed by atoms with Gasteiger partial charge in [-0.3, -0.25) is 9.69 Å². The molecule has 5 heteroatoms. The molecule has 5 nitrogen and oxygen atoms in total. The van der Waals surface area contributed by atoms with Crippen molar-refractivity contribution < 1.29 is 9.21 Å². The van der Waals surface area contributed by atoms with Crippen LogP contribution in [0.1, 0.15) is 43.0 Å². The summed E-state index contributed by atoms with van der Waals surface area (Å²) in [5, 5.41) is 3.25. The number of piperazine rings is 1. The van der Waals surface area contributed by atoms with E-state index in [1.165, 1.54) is 12.8 Å². The molecule has 1 N–H and O–H groups in total. The van der Waals surface area contributed by atoms with Crippen LogP contribution in [0, 0.1) is 0 Å². The van der Waals surface area contributed by atoms with Gasteiger partial charge in [-0.05, 0) is 31.6 Å². The van der Waals surface area contributed by atoms with Crippen LogP contribution >= 0.6 is 0 Å². The zero-order chi connectivity index (χ0) is 15.1. The molecule has 2 rings (SSSR count). The van der Waals surface area contributed by atoms with Crippen molar-refractivity contribution >= 4 is 5.91 Å². The van der Waals surface area contributed by atoms with Crippen molar-refractivity contribution in [1.82, 2.24) is 15.1 Å². The van der Waals surface area contributed by atoms with Crippen LogP contribution in [0.4, 0.5) is 0 Å². The quantitative estimate of drug-likeness (QED) is 0.835. The molecule has 1 aliphatic heterocycles. The van der Waals surface area contributed by atoms with E-state index in [2.05, 4.69) is 24.1 Å². The van der Waals surface area contributed by atoms with Gasteiger partial charge in [0.2, 0.25) is 0 Å². The monoisotopic (exact) mass is 293 g/mol. The molecule has 118 valence electrons. The SMILES string of the molecule is CCCCN(CC)Cc1ccc(C(=O)N2CCNCC2)o1. The molecule has 0 bridgehead atoms. The lowest BCUT2D eigenvalue weighted by Gasteiger charge is -2.26. The van der Waals surface area contributed by atoms with Gasteiger partial charge in [-0.15, -0.1) is 0 Å². The standard InChI is InChI=1S/C16H27N3O2/c1-3-5-10-18(4-2)13-14-6-7-15(21-14)16(20)19-11-8-17-9-12-19/h6-7,17H,3-5,8-13H2,1-2H3. The third-order valence-corrected chi connectivity index (χ3v) is 3.93. The molecular weight excluding hydrogens is 266 g/mol. The molecule has 0 atom stereocenters. The van der Waals surface area contributed by atoms with Crippen molar-refractivity contribution in [3.63, 3.8) is 0 Å². The van der Waals surface area contributed by atoms with Gasteiger partial charge in [0.05, 0.1) is 6.54 Å². The molecule has 0 aliphatic carbocycles. The van der Waals surface area contributed by atoms with Crippen molar-refractivity contribution in [2.75, 3.05) is 39.3 Å². The largest absolute Gasteiger partial charge is 0.455 e. The van der Waals surface area contributed by atoms with Crippen LogP contribution in [0.25, 0.3) is 0 Å². The van der Waals surface area contributed by atoms with Gasteiger partial charge >= 0.3 is 0 Å². The second kappa shape index (κ2) is 8.20. The molecule has 21 heavy (non-hydrogen) atoms. The molecule has 0 saturated carbocycles. The third-order valence-electron chi connectivity index (χ3n) is 3.93. The van der Waals surface area contributed by atoms with Crippen molar-refractivity contribution in [1.29, 1.82) is 0 Å². The van der Waals surface area contributed by atoms with Crippen LogP contribution in [-0.2, 0) is 6.54 Å². The van der Waals surface area contributed by atoms with Crippen LogP contribution in [0.2, 0.25) is 0 Å². The Balaban J connectivity index is 1.92. The maximum absolute atomic E-state index is 12.3. The molecule has 1 aliphatic rings. The van der Waals surface area contributed by atoms with Crippen LogP contribution in [-0.4, -0.2) is 55.0 Å². The van der Waals surface area contributed by atoms with E-state index in [1.807, 2.05) is 17.0 Å². The van der Waals surface area contributed by atoms with Gasteiger partial charge < -0.3 is 14.6 Å². The number of hydrogen-bond acceptors (Lipinski definition) is 4. The molecule has 1 saturated heterocycles. The average Bonchev–Trinajstić information content (AvgIpc) is 3.00. The van der Waals surface area contributed by atoms with Gasteiger partial charge in [0.25, 0.3) is 5.91 Å². The van der Waals surface area contributed by atoms with E-state index in [9.17, 15) is 4.79 Å². The number of hydrogen-bond donors (Lipinski definition) is 1. The first-order valence-corrected chi connectivity index (χ1v) is 8.05. The molecule has 0 aromatic carbocycles. The van der Waals surface area contributed by atoms with Crippen molar-refractivity contribution in [3.8, 4) is 0 Å². The molecule has 1 aromatic heterocycles. The zero-order valence-corrected chi connectivity index (χ0v) is 13.2. The molecule has 1 amide bonds. The number of rotatable bonds is 7. The van der Waals surface area contributed by atoms with E-state index in [1.54, 1.807) is 0 Å². The summed E-state index contributed by atoms with van der Waals surface area (Å²) >= 11 is 0. The van der Waals surface area contributed by atoms with E-state index in [0.717, 1.165) is 51.6 Å². The first kappa shape index (κ1) is 16.0. The van der Waals surface area contributed by atoms with Crippen LogP contribution < -0.4 is 5.32 Å². The Labute approximate surface area is 127 Å². The Morgan fingerprint density at radius 2 is 2.10 bits per heavy atom. The number of furan rings is 1. The van der Waals surface area contributed by atoms with E-state index in [-0.39, 0.29) is 5.91 Å². The van der Waals surface area contributed by atoms with Gasteiger partial charge in [0.15, 0.2) is 5.76 Å². The minimum absolute atomic E-state index is 0.0133. The second-order valence-electron chi connectivity index (χ2n) is 5.53. The van der Waals surface area contributed by atoms with Crippen LogP contribution in [0.3, 0.4) is 0 Å². The highest BCUT2D eigenvalue weighted by atomic mass is 16.4. The van der Waals surface area contributed by atoms with Gasteiger partial charge in [-0.2, -0.15) is 0 Å². The first-order valence-electron chi connectivity index (χ1n) is 8.05. The average molecular weight is 293 g/mol. The topological polar surface area (TPSA) is 48.7 Å². The predicted octanol–water partition coefficient (Wildman–Crippen LogP) is 1.95. The fourth-order valence-electron chi connectivity index (χ4n) is 2.55. The number of amides is 1. The Morgan fingerprint density at radius 1 is 1.33 bits per heavy atom. The van der Waals surface area contributed by atoms with E-state index in [0.29, 0.717) is 5.76 Å². The summed E-state index contributed by atoms with van der Waals surface area (Å²) in [7, 11) is 0. The molecule has 0 unspecified atom stereocenters. The molecule has 1 fully saturated rings. The summed E-state index contributed by atoms with van der Waals surface area (Å²) < 4.78 is 5.76. The van der Waals surface area contributed by atoms with Gasteiger partial charge in [0, 0.05) is 26.2 Å². The number of carbonyl (C=O) groups is 1. The Morgan fingerprint density at radius 3 is 2.76 bits per heavy atom. The summed E-state index contributed by atoms with van der Waals surface area (Å²) in [6, 6.07) is 3.75. The van der Waals surface area contributed by atoms with E-state index < -0.39 is 0 Å². The number of carbonyl (C=O) groups excluding carboxylic acids is 1. The normalized spacial score (nSPS) is 15.7. The van der Waals surface area contributed by atoms with Crippen molar-refractivity contribution in [2.45, 2.75) is 33.2 Å². The molecule has 1 aromatic rings. The lowest BCUT2D eigenvalue weighted by atomic mass is 10.3. The van der Waals surface area contributed by atoms with Crippen molar-refractivity contribution in [3.05, 3.63) is 23.7 Å². The summed E-state index contributed by atoms with van der Waals surface area (Å²) in [6.45, 7) is 10.5. The summed E-state index contributed by atoms with van der Waals surface area (Å²) in [5.74, 6) is 1.37. The molecule has 0 radical (unpaired) electrons. The second-order valence-corrected chi connectivity index (χ2v) is 5.53. The highest BCUT2D eigenvalue weighted by Gasteiger charge is 2.21. The predicted molar refractivity (Wildman–Crippen MR) is 83.3 cm³/mol. The lowest BCUT2D eigenvalue weighted by molar-refractivity contribution is 0.0700. The third kappa shape index (κ3) is 4.58. The number of nitrogens with one attached hydrogen (secondary N) is 1. The smallest absolute Gasteiger partial charge is 0.289 e. The summed E-state index contributed by atoms with van der Waals surface area (Å²) in [4.78, 5) is 16.5. The van der Waals surface area contributed by atoms with Gasteiger partial charge in [-0.25, -0.2) is 0 Å². The Hall–Kier alpha value is -1.33. The number of unbranched alkanes of at least 4 members (excludes halogenated alkanes) is 1. The van der Waals surface area contributed by atoms with Crippen LogP contribution in [0.5, 0.6) is 0 Å². The molecule has 2 heterocycles. The Bertz CT molecular complexity index is 438. The molecule has 0 spiro atoms. The maximum atomic E-state index is 12.3. The van der Waals surface area contributed by atoms with Gasteiger partial charge in [-0.1, -0.05) is 20.3 Å². The van der Waals surface area contributed by atoms with Crippen LogP contribution in [0.15, 0.2) is 16.5 Å². The van der Waals surface area contributed by atoms with E-state index >= 15 is 0 Å². The van der Waals surface area contributed by atoms with Crippen molar-refractivity contribution in [2.24, 2.45) is 0 Å². The first-order chi connectivity index (χ1) is 10.2. The fraction of sp³-hybridized carbons (Fsp3) is 0.688. The molecular formula is C16H27N3O2. The zero-order valence-electron chi connectivity index (χ0n) is 13.2. The Kier molecular flexibility index (Phi) is 6.26. The number of nitrogens with zero attached hydrogens (tertiary/aromatic N) is 2. The van der Waals surface area contributed by atoms with Gasteiger partial charge in [0.1, 0.15) is 5.76 Å². The highest BCUT2D eigenvalue weighted by molar-refractivity contribution is 5.91. The van der Waals surface area contributed by atoms with E-state index in [4.69, 9.17) is 4.42 Å². The maximum Gasteiger partial charge on any atom is 0.289 e. The lowest BCUT2D eigenvalue weighted by Crippen LogP contribution is -2.46. The minimum atomic E-state index is 0.0133. The highest BCUT2D eigenvalue weighted by Crippen LogP contribution is 2.14.